The third-order valence-corrected chi connectivity index (χ3v) is 5.11. The van der Waals surface area contributed by atoms with Crippen molar-refractivity contribution in [2.45, 2.75) is 63.6 Å². The highest BCUT2D eigenvalue weighted by Gasteiger charge is 2.28. The predicted molar refractivity (Wildman–Crippen MR) is 132 cm³/mol. The summed E-state index contributed by atoms with van der Waals surface area (Å²) in [4.78, 5) is 28.8. The second-order valence-corrected chi connectivity index (χ2v) is 9.16. The summed E-state index contributed by atoms with van der Waals surface area (Å²) in [5.74, 6) is 0. The van der Waals surface area contributed by atoms with Crippen LogP contribution in [0.2, 0.25) is 0 Å². The molecule has 0 aliphatic heterocycles. The maximum atomic E-state index is 12.4. The molecule has 35 heavy (non-hydrogen) atoms. The fraction of sp³-hybridized carbons (Fsp3) is 0.462. The Labute approximate surface area is 207 Å². The third kappa shape index (κ3) is 10.9. The second kappa shape index (κ2) is 14.4. The molecule has 9 heteroatoms. The lowest BCUT2D eigenvalue weighted by molar-refractivity contribution is -0.141. The van der Waals surface area contributed by atoms with E-state index in [0.29, 0.717) is 19.3 Å². The summed E-state index contributed by atoms with van der Waals surface area (Å²) < 4.78 is 16.9. The Morgan fingerprint density at radius 1 is 1.03 bits per heavy atom. The Morgan fingerprint density at radius 2 is 1.66 bits per heavy atom. The Morgan fingerprint density at radius 3 is 2.23 bits per heavy atom. The first-order valence-corrected chi connectivity index (χ1v) is 11.6. The average molecular weight is 488 g/mol. The molecule has 0 bridgehead atoms. The van der Waals surface area contributed by atoms with Gasteiger partial charge >= 0.3 is 6.09 Å². The van der Waals surface area contributed by atoms with Gasteiger partial charge in [-0.2, -0.15) is 5.48 Å². The summed E-state index contributed by atoms with van der Waals surface area (Å²) in [6.45, 7) is 5.88. The molecule has 2 aromatic rings. The number of rotatable bonds is 14. The van der Waals surface area contributed by atoms with Crippen molar-refractivity contribution in [3.8, 4) is 0 Å². The number of hydrogen-bond donors (Lipinski definition) is 3. The van der Waals surface area contributed by atoms with Crippen LogP contribution in [0.3, 0.4) is 0 Å². The zero-order valence-corrected chi connectivity index (χ0v) is 20.6. The number of hydrogen-bond acceptors (Lipinski definition) is 8. The van der Waals surface area contributed by atoms with Gasteiger partial charge in [-0.15, -0.1) is 0 Å². The van der Waals surface area contributed by atoms with E-state index in [9.17, 15) is 9.59 Å². The molecule has 0 heterocycles. The molecule has 0 aromatic heterocycles. The molecule has 0 aliphatic rings. The molecule has 2 aromatic carbocycles. The largest absolute Gasteiger partial charge is 0.462 e. The molecule has 5 N–H and O–H groups in total. The van der Waals surface area contributed by atoms with E-state index in [2.05, 4.69) is 5.48 Å². The smallest absolute Gasteiger partial charge is 0.431 e. The monoisotopic (exact) mass is 487 g/mol. The van der Waals surface area contributed by atoms with Crippen molar-refractivity contribution in [1.82, 2.24) is 5.48 Å². The van der Waals surface area contributed by atoms with Gasteiger partial charge in [-0.1, -0.05) is 60.7 Å². The Balaban J connectivity index is 2.07. The predicted octanol–water partition coefficient (Wildman–Crippen LogP) is 3.03. The van der Waals surface area contributed by atoms with Crippen LogP contribution < -0.4 is 16.9 Å². The maximum absolute atomic E-state index is 12.4. The van der Waals surface area contributed by atoms with E-state index in [4.69, 9.17) is 30.5 Å². The van der Waals surface area contributed by atoms with E-state index in [1.165, 1.54) is 0 Å². The minimum atomic E-state index is -0.755. The van der Waals surface area contributed by atoms with E-state index >= 15 is 0 Å². The first-order chi connectivity index (χ1) is 16.7. The van der Waals surface area contributed by atoms with Crippen LogP contribution in [0.25, 0.3) is 0 Å². The standard InChI is InChI=1S/C26H37N3O6/c1-26(2,3)35-29-25(31)34-23(14-19-10-6-4-7-11-19)24(16-27)32-17-21(33-18-30)15-22(28)20-12-8-5-9-13-20/h4-13,18,21-24H,14-17,27-28H2,1-3H3,(H,29,31). The second-order valence-electron chi connectivity index (χ2n) is 9.16. The maximum Gasteiger partial charge on any atom is 0.431 e. The van der Waals surface area contributed by atoms with E-state index in [-0.39, 0.29) is 19.2 Å². The lowest BCUT2D eigenvalue weighted by atomic mass is 10.0. The molecule has 1 amide bonds. The normalized spacial score (nSPS) is 14.9. The van der Waals surface area contributed by atoms with Gasteiger partial charge in [-0.25, -0.2) is 4.79 Å². The minimum absolute atomic E-state index is 0.0376. The van der Waals surface area contributed by atoms with E-state index in [1.807, 2.05) is 60.7 Å². The number of carbonyl (C=O) groups excluding carboxylic acids is 2. The van der Waals surface area contributed by atoms with Gasteiger partial charge in [0.25, 0.3) is 6.47 Å². The van der Waals surface area contributed by atoms with Crippen LogP contribution in [0.5, 0.6) is 0 Å². The molecule has 9 nitrogen and oxygen atoms in total. The van der Waals surface area contributed by atoms with Crippen molar-refractivity contribution in [3.05, 3.63) is 71.8 Å². The van der Waals surface area contributed by atoms with Gasteiger partial charge in [-0.3, -0.25) is 9.63 Å². The molecule has 0 saturated carbocycles. The molecular formula is C26H37N3O6. The van der Waals surface area contributed by atoms with Crippen LogP contribution in [0.15, 0.2) is 60.7 Å². The van der Waals surface area contributed by atoms with Gasteiger partial charge in [0.15, 0.2) is 0 Å². The first kappa shape index (κ1) is 28.3. The molecule has 0 saturated heterocycles. The van der Waals surface area contributed by atoms with Crippen LogP contribution in [0.4, 0.5) is 4.79 Å². The van der Waals surface area contributed by atoms with E-state index < -0.39 is 30.0 Å². The number of carbonyl (C=O) groups is 2. The van der Waals surface area contributed by atoms with Crippen molar-refractivity contribution < 1.29 is 28.6 Å². The van der Waals surface area contributed by atoms with Gasteiger partial charge in [0.1, 0.15) is 18.3 Å². The summed E-state index contributed by atoms with van der Waals surface area (Å²) >= 11 is 0. The number of nitrogens with one attached hydrogen (secondary N) is 1. The summed E-state index contributed by atoms with van der Waals surface area (Å²) in [7, 11) is 0. The number of ether oxygens (including phenoxy) is 3. The molecule has 192 valence electrons. The quantitative estimate of drug-likeness (QED) is 0.273. The highest BCUT2D eigenvalue weighted by Crippen LogP contribution is 2.19. The van der Waals surface area contributed by atoms with Gasteiger partial charge in [0.05, 0.1) is 12.2 Å². The van der Waals surface area contributed by atoms with E-state index in [1.54, 1.807) is 20.8 Å². The van der Waals surface area contributed by atoms with Crippen LogP contribution in [-0.2, 0) is 30.3 Å². The van der Waals surface area contributed by atoms with Crippen molar-refractivity contribution in [1.29, 1.82) is 0 Å². The van der Waals surface area contributed by atoms with Crippen molar-refractivity contribution in [3.63, 3.8) is 0 Å². The molecule has 0 aliphatic carbocycles. The molecule has 0 spiro atoms. The number of amides is 1. The van der Waals surface area contributed by atoms with Crippen molar-refractivity contribution >= 4 is 12.6 Å². The van der Waals surface area contributed by atoms with Gasteiger partial charge in [0.2, 0.25) is 0 Å². The Bertz CT molecular complexity index is 876. The van der Waals surface area contributed by atoms with Gasteiger partial charge < -0.3 is 25.7 Å². The SMILES string of the molecule is CC(C)(C)ONC(=O)OC(Cc1ccccc1)C(CN)OCC(CC(N)c1ccccc1)OC=O. The molecule has 2 rings (SSSR count). The molecule has 4 unspecified atom stereocenters. The highest BCUT2D eigenvalue weighted by atomic mass is 16.7. The van der Waals surface area contributed by atoms with Crippen LogP contribution in [-0.4, -0.2) is 49.6 Å². The van der Waals surface area contributed by atoms with Gasteiger partial charge in [-0.05, 0) is 31.9 Å². The summed E-state index contributed by atoms with van der Waals surface area (Å²) in [6, 6.07) is 18.7. The summed E-state index contributed by atoms with van der Waals surface area (Å²) in [5, 5.41) is 0. The highest BCUT2D eigenvalue weighted by molar-refractivity contribution is 5.66. The van der Waals surface area contributed by atoms with Crippen LogP contribution >= 0.6 is 0 Å². The molecular weight excluding hydrogens is 450 g/mol. The first-order valence-electron chi connectivity index (χ1n) is 11.6. The fourth-order valence-electron chi connectivity index (χ4n) is 3.37. The zero-order chi connectivity index (χ0) is 25.7. The van der Waals surface area contributed by atoms with E-state index in [0.717, 1.165) is 11.1 Å². The number of hydroxylamine groups is 1. The van der Waals surface area contributed by atoms with Crippen molar-refractivity contribution in [2.24, 2.45) is 11.5 Å². The van der Waals surface area contributed by atoms with Crippen molar-refractivity contribution in [2.75, 3.05) is 13.2 Å². The van der Waals surface area contributed by atoms with Crippen LogP contribution in [0, 0.1) is 0 Å². The topological polar surface area (TPSA) is 135 Å². The molecule has 4 atom stereocenters. The lowest BCUT2D eigenvalue weighted by Gasteiger charge is -2.29. The summed E-state index contributed by atoms with van der Waals surface area (Å²) in [6.07, 6.45) is -2.02. The average Bonchev–Trinajstić information content (AvgIpc) is 2.84. The third-order valence-electron chi connectivity index (χ3n) is 5.11. The number of nitrogens with two attached hydrogens (primary N) is 2. The lowest BCUT2D eigenvalue weighted by Crippen LogP contribution is -2.45. The summed E-state index contributed by atoms with van der Waals surface area (Å²) in [5.41, 5.74) is 15.9. The molecule has 0 fully saturated rings. The van der Waals surface area contributed by atoms with Crippen LogP contribution in [0.1, 0.15) is 44.4 Å². The van der Waals surface area contributed by atoms with Gasteiger partial charge in [0, 0.05) is 25.4 Å². The fourth-order valence-corrected chi connectivity index (χ4v) is 3.37. The Kier molecular flexibility index (Phi) is 11.6. The minimum Gasteiger partial charge on any atom is -0.462 e. The Hall–Kier alpha value is -2.98. The molecule has 0 radical (unpaired) electrons. The number of benzene rings is 2. The zero-order valence-electron chi connectivity index (χ0n) is 20.6.